The van der Waals surface area contributed by atoms with Gasteiger partial charge in [0.15, 0.2) is 11.6 Å². The zero-order valence-corrected chi connectivity index (χ0v) is 15.0. The van der Waals surface area contributed by atoms with E-state index < -0.39 is 5.97 Å². The molecule has 1 saturated heterocycles. The van der Waals surface area contributed by atoms with Gasteiger partial charge in [0.2, 0.25) is 0 Å². The van der Waals surface area contributed by atoms with Crippen molar-refractivity contribution < 1.29 is 9.90 Å². The zero-order chi connectivity index (χ0) is 17.9. The second-order valence-corrected chi connectivity index (χ2v) is 7.45. The van der Waals surface area contributed by atoms with E-state index in [1.807, 2.05) is 24.3 Å². The summed E-state index contributed by atoms with van der Waals surface area (Å²) >= 11 is 0. The van der Waals surface area contributed by atoms with Crippen LogP contribution in [0.5, 0.6) is 0 Å². The average molecular weight is 354 g/mol. The fourth-order valence-electron chi connectivity index (χ4n) is 4.26. The quantitative estimate of drug-likeness (QED) is 0.855. The Morgan fingerprint density at radius 3 is 2.50 bits per heavy atom. The predicted octanol–water partition coefficient (Wildman–Crippen LogP) is 3.53. The third-order valence-corrected chi connectivity index (χ3v) is 5.72. The number of aliphatic carboxylic acids is 1. The van der Waals surface area contributed by atoms with Crippen molar-refractivity contribution in [1.82, 2.24) is 9.97 Å². The number of carboxylic acids is 1. The second-order valence-electron chi connectivity index (χ2n) is 7.45. The minimum atomic E-state index is -0.666. The summed E-state index contributed by atoms with van der Waals surface area (Å²) in [5.74, 6) is 0.936. The number of hydrogen-bond acceptors (Lipinski definition) is 5. The molecule has 1 aliphatic heterocycles. The van der Waals surface area contributed by atoms with Gasteiger partial charge in [-0.3, -0.25) is 4.79 Å². The van der Waals surface area contributed by atoms with Crippen LogP contribution in [0, 0.1) is 11.8 Å². The molecule has 2 aromatic rings. The summed E-state index contributed by atoms with van der Waals surface area (Å²) in [5.41, 5.74) is 1.78. The molecule has 6 heteroatoms. The number of para-hydroxylation sites is 2. The van der Waals surface area contributed by atoms with E-state index in [4.69, 9.17) is 9.97 Å². The molecule has 1 saturated carbocycles. The molecule has 4 rings (SSSR count). The topological polar surface area (TPSA) is 78.3 Å². The first-order valence-electron chi connectivity index (χ1n) is 9.71. The Kier molecular flexibility index (Phi) is 4.91. The Hall–Kier alpha value is -2.37. The van der Waals surface area contributed by atoms with Crippen LogP contribution in [-0.4, -0.2) is 40.7 Å². The van der Waals surface area contributed by atoms with Crippen molar-refractivity contribution in [2.75, 3.05) is 29.9 Å². The number of benzene rings is 1. The molecule has 1 aromatic carbocycles. The number of carbonyl (C=O) groups is 1. The number of nitrogens with zero attached hydrogens (tertiary/aromatic N) is 3. The van der Waals surface area contributed by atoms with Crippen molar-refractivity contribution in [1.29, 1.82) is 0 Å². The summed E-state index contributed by atoms with van der Waals surface area (Å²) in [6.45, 7) is 2.65. The number of nitrogens with one attached hydrogen (secondary N) is 1. The van der Waals surface area contributed by atoms with Crippen LogP contribution in [0.15, 0.2) is 24.3 Å². The Morgan fingerprint density at radius 2 is 1.77 bits per heavy atom. The average Bonchev–Trinajstić information content (AvgIpc) is 3.20. The lowest BCUT2D eigenvalue weighted by Crippen LogP contribution is -2.32. The number of fused-ring (bicyclic) bond motifs is 1. The number of carboxylic acid groups (broad SMARTS) is 1. The molecule has 1 aromatic heterocycles. The van der Waals surface area contributed by atoms with Crippen LogP contribution in [0.3, 0.4) is 0 Å². The standard InChI is InChI=1S/C20H26N4O2/c25-20(26)15-8-2-1-7-14(15)13-21-18-19(24-11-5-6-12-24)23-17-10-4-3-9-16(17)22-18/h3-4,9-10,14-15H,1-2,5-8,11-13H2,(H,21,22)(H,25,26)/t14-,15-/m0/s1. The minimum Gasteiger partial charge on any atom is -0.481 e. The molecule has 138 valence electrons. The number of hydrogen-bond donors (Lipinski definition) is 2. The van der Waals surface area contributed by atoms with Crippen molar-refractivity contribution in [3.8, 4) is 0 Å². The smallest absolute Gasteiger partial charge is 0.306 e. The fraction of sp³-hybridized carbons (Fsp3) is 0.550. The van der Waals surface area contributed by atoms with E-state index in [0.29, 0.717) is 6.54 Å². The summed E-state index contributed by atoms with van der Waals surface area (Å²) in [6, 6.07) is 7.92. The Labute approximate surface area is 153 Å². The van der Waals surface area contributed by atoms with Crippen molar-refractivity contribution in [2.24, 2.45) is 11.8 Å². The molecule has 0 radical (unpaired) electrons. The van der Waals surface area contributed by atoms with Gasteiger partial charge in [-0.1, -0.05) is 25.0 Å². The lowest BCUT2D eigenvalue weighted by Gasteiger charge is -2.29. The number of rotatable bonds is 5. The van der Waals surface area contributed by atoms with Gasteiger partial charge in [-0.2, -0.15) is 0 Å². The highest BCUT2D eigenvalue weighted by Gasteiger charge is 2.31. The van der Waals surface area contributed by atoms with Crippen LogP contribution in [-0.2, 0) is 4.79 Å². The maximum absolute atomic E-state index is 11.6. The van der Waals surface area contributed by atoms with Gasteiger partial charge in [0, 0.05) is 19.6 Å². The molecule has 0 amide bonds. The highest BCUT2D eigenvalue weighted by molar-refractivity contribution is 5.80. The predicted molar refractivity (Wildman–Crippen MR) is 103 cm³/mol. The molecule has 1 aliphatic carbocycles. The number of aromatic nitrogens is 2. The van der Waals surface area contributed by atoms with E-state index in [1.165, 1.54) is 12.8 Å². The highest BCUT2D eigenvalue weighted by atomic mass is 16.4. The van der Waals surface area contributed by atoms with E-state index in [0.717, 1.165) is 61.4 Å². The third kappa shape index (κ3) is 3.45. The molecule has 0 bridgehead atoms. The van der Waals surface area contributed by atoms with Crippen molar-refractivity contribution in [3.05, 3.63) is 24.3 Å². The third-order valence-electron chi connectivity index (χ3n) is 5.72. The highest BCUT2D eigenvalue weighted by Crippen LogP contribution is 2.32. The van der Waals surface area contributed by atoms with E-state index in [2.05, 4.69) is 10.2 Å². The number of anilines is 2. The largest absolute Gasteiger partial charge is 0.481 e. The lowest BCUT2D eigenvalue weighted by molar-refractivity contribution is -0.144. The summed E-state index contributed by atoms with van der Waals surface area (Å²) in [6.07, 6.45) is 6.23. The van der Waals surface area contributed by atoms with Crippen LogP contribution in [0.25, 0.3) is 11.0 Å². The van der Waals surface area contributed by atoms with E-state index >= 15 is 0 Å². The van der Waals surface area contributed by atoms with E-state index in [9.17, 15) is 9.90 Å². The van der Waals surface area contributed by atoms with Crippen molar-refractivity contribution >= 4 is 28.6 Å². The minimum absolute atomic E-state index is 0.154. The van der Waals surface area contributed by atoms with Crippen molar-refractivity contribution in [2.45, 2.75) is 38.5 Å². The first-order chi connectivity index (χ1) is 12.7. The van der Waals surface area contributed by atoms with Gasteiger partial charge in [-0.25, -0.2) is 9.97 Å². The van der Waals surface area contributed by atoms with Gasteiger partial charge >= 0.3 is 5.97 Å². The molecule has 2 fully saturated rings. The van der Waals surface area contributed by atoms with Crippen LogP contribution >= 0.6 is 0 Å². The molecule has 2 N–H and O–H groups in total. The van der Waals surface area contributed by atoms with Crippen LogP contribution in [0.1, 0.15) is 38.5 Å². The Bertz CT molecular complexity index is 788. The van der Waals surface area contributed by atoms with Gasteiger partial charge in [-0.05, 0) is 43.7 Å². The van der Waals surface area contributed by atoms with Gasteiger partial charge in [0.1, 0.15) is 0 Å². The van der Waals surface area contributed by atoms with Crippen LogP contribution in [0.2, 0.25) is 0 Å². The summed E-state index contributed by atoms with van der Waals surface area (Å²) in [7, 11) is 0. The monoisotopic (exact) mass is 354 g/mol. The lowest BCUT2D eigenvalue weighted by atomic mass is 9.79. The maximum atomic E-state index is 11.6. The molecular weight excluding hydrogens is 328 g/mol. The molecule has 2 heterocycles. The maximum Gasteiger partial charge on any atom is 0.306 e. The zero-order valence-electron chi connectivity index (χ0n) is 15.0. The van der Waals surface area contributed by atoms with Crippen LogP contribution in [0.4, 0.5) is 11.6 Å². The summed E-state index contributed by atoms with van der Waals surface area (Å²) < 4.78 is 0. The molecule has 2 aliphatic rings. The van der Waals surface area contributed by atoms with Crippen molar-refractivity contribution in [3.63, 3.8) is 0 Å². The first-order valence-corrected chi connectivity index (χ1v) is 9.71. The van der Waals surface area contributed by atoms with Gasteiger partial charge in [0.25, 0.3) is 0 Å². The normalized spacial score (nSPS) is 23.3. The molecule has 6 nitrogen and oxygen atoms in total. The van der Waals surface area contributed by atoms with E-state index in [-0.39, 0.29) is 11.8 Å². The summed E-state index contributed by atoms with van der Waals surface area (Å²) in [4.78, 5) is 23.5. The summed E-state index contributed by atoms with van der Waals surface area (Å²) in [5, 5.41) is 13.0. The second kappa shape index (κ2) is 7.48. The molecule has 0 unspecified atom stereocenters. The van der Waals surface area contributed by atoms with Gasteiger partial charge in [-0.15, -0.1) is 0 Å². The van der Waals surface area contributed by atoms with Gasteiger partial charge in [0.05, 0.1) is 17.0 Å². The first kappa shape index (κ1) is 17.1. The molecule has 2 atom stereocenters. The van der Waals surface area contributed by atoms with Gasteiger partial charge < -0.3 is 15.3 Å². The Morgan fingerprint density at radius 1 is 1.08 bits per heavy atom. The Balaban J connectivity index is 1.59. The van der Waals surface area contributed by atoms with E-state index in [1.54, 1.807) is 0 Å². The molecule has 26 heavy (non-hydrogen) atoms. The fourth-order valence-corrected chi connectivity index (χ4v) is 4.26. The molecule has 0 spiro atoms. The SMILES string of the molecule is O=C(O)[C@H]1CCCC[C@H]1CNc1nc2ccccc2nc1N1CCCC1. The van der Waals surface area contributed by atoms with Crippen LogP contribution < -0.4 is 10.2 Å². The molecular formula is C20H26N4O2.